The van der Waals surface area contributed by atoms with Crippen LogP contribution in [0.5, 0.6) is 5.75 Å². The topological polar surface area (TPSA) is 58.8 Å². The van der Waals surface area contributed by atoms with Crippen molar-refractivity contribution in [2.45, 2.75) is 19.3 Å². The third kappa shape index (κ3) is 2.66. The molecule has 1 aromatic rings. The van der Waals surface area contributed by atoms with Crippen molar-refractivity contribution in [3.8, 4) is 5.75 Å². The van der Waals surface area contributed by atoms with Gasteiger partial charge in [0.2, 0.25) is 5.91 Å². The van der Waals surface area contributed by atoms with Crippen molar-refractivity contribution in [3.63, 3.8) is 0 Å². The van der Waals surface area contributed by atoms with Crippen LogP contribution >= 0.6 is 0 Å². The molecule has 1 amide bonds. The Hall–Kier alpha value is -1.91. The number of nitrogens with two attached hydrogens (primary N) is 1. The highest BCUT2D eigenvalue weighted by molar-refractivity contribution is 5.83. The molecule has 0 unspecified atom stereocenters. The molecule has 2 aliphatic heterocycles. The molecule has 2 heterocycles. The summed E-state index contributed by atoms with van der Waals surface area (Å²) in [7, 11) is 0. The van der Waals surface area contributed by atoms with Crippen LogP contribution in [0.25, 0.3) is 0 Å². The Labute approximate surface area is 119 Å². The van der Waals surface area contributed by atoms with E-state index in [0.29, 0.717) is 18.8 Å². The number of hydrogen-bond donors (Lipinski definition) is 1. The second kappa shape index (κ2) is 5.61. The number of benzene rings is 1. The number of hydrogen-bond acceptors (Lipinski definition) is 4. The van der Waals surface area contributed by atoms with E-state index in [1.165, 1.54) is 6.42 Å². The highest BCUT2D eigenvalue weighted by Crippen LogP contribution is 2.33. The number of rotatable bonds is 2. The number of nitrogen functional groups attached to an aromatic ring is 1. The van der Waals surface area contributed by atoms with Crippen LogP contribution in [0.2, 0.25) is 0 Å². The molecule has 0 atom stereocenters. The summed E-state index contributed by atoms with van der Waals surface area (Å²) in [6, 6.07) is 5.59. The minimum absolute atomic E-state index is 0.208. The van der Waals surface area contributed by atoms with Gasteiger partial charge in [-0.15, -0.1) is 0 Å². The third-order valence-electron chi connectivity index (χ3n) is 3.98. The standard InChI is InChI=1S/C15H21N3O2/c16-12-4-5-14-13(10-12)18(8-9-20-14)11-15(19)17-6-2-1-3-7-17/h4-5,10H,1-3,6-9,11,16H2. The van der Waals surface area contributed by atoms with Crippen LogP contribution in [0.4, 0.5) is 11.4 Å². The summed E-state index contributed by atoms with van der Waals surface area (Å²) < 4.78 is 5.61. The van der Waals surface area contributed by atoms with Crippen molar-refractivity contribution in [1.29, 1.82) is 0 Å². The first-order valence-corrected chi connectivity index (χ1v) is 7.29. The van der Waals surface area contributed by atoms with E-state index in [1.807, 2.05) is 23.1 Å². The van der Waals surface area contributed by atoms with E-state index in [1.54, 1.807) is 0 Å². The molecule has 2 aliphatic rings. The van der Waals surface area contributed by atoms with Gasteiger partial charge in [0.1, 0.15) is 12.4 Å². The molecule has 5 heteroatoms. The first-order chi connectivity index (χ1) is 9.74. The molecule has 0 bridgehead atoms. The largest absolute Gasteiger partial charge is 0.490 e. The lowest BCUT2D eigenvalue weighted by Crippen LogP contribution is -2.45. The van der Waals surface area contributed by atoms with Crippen LogP contribution in [0.1, 0.15) is 19.3 Å². The highest BCUT2D eigenvalue weighted by atomic mass is 16.5. The Balaban J connectivity index is 1.72. The van der Waals surface area contributed by atoms with Gasteiger partial charge in [-0.05, 0) is 37.5 Å². The number of carbonyl (C=O) groups is 1. The smallest absolute Gasteiger partial charge is 0.242 e. The van der Waals surface area contributed by atoms with Crippen molar-refractivity contribution in [3.05, 3.63) is 18.2 Å². The molecular weight excluding hydrogens is 254 g/mol. The van der Waals surface area contributed by atoms with Gasteiger partial charge in [0.05, 0.1) is 18.8 Å². The van der Waals surface area contributed by atoms with Crippen molar-refractivity contribution >= 4 is 17.3 Å². The molecule has 0 aromatic heterocycles. The fourth-order valence-electron chi connectivity index (χ4n) is 2.86. The quantitative estimate of drug-likeness (QED) is 0.831. The lowest BCUT2D eigenvalue weighted by atomic mass is 10.1. The fraction of sp³-hybridized carbons (Fsp3) is 0.533. The number of carbonyl (C=O) groups excluding carboxylic acids is 1. The van der Waals surface area contributed by atoms with Gasteiger partial charge < -0.3 is 20.3 Å². The monoisotopic (exact) mass is 275 g/mol. The van der Waals surface area contributed by atoms with Gasteiger partial charge in [-0.25, -0.2) is 0 Å². The van der Waals surface area contributed by atoms with Crippen molar-refractivity contribution in [2.75, 3.05) is 43.4 Å². The van der Waals surface area contributed by atoms with Gasteiger partial charge in [0.25, 0.3) is 0 Å². The molecule has 3 rings (SSSR count). The van der Waals surface area contributed by atoms with Crippen LogP contribution in [-0.4, -0.2) is 43.6 Å². The van der Waals surface area contributed by atoms with E-state index < -0.39 is 0 Å². The van der Waals surface area contributed by atoms with Crippen molar-refractivity contribution < 1.29 is 9.53 Å². The predicted molar refractivity (Wildman–Crippen MR) is 79.0 cm³/mol. The van der Waals surface area contributed by atoms with Crippen LogP contribution in [-0.2, 0) is 4.79 Å². The summed E-state index contributed by atoms with van der Waals surface area (Å²) in [6.45, 7) is 3.56. The first kappa shape index (κ1) is 13.1. The lowest BCUT2D eigenvalue weighted by Gasteiger charge is -2.34. The molecule has 0 saturated carbocycles. The maximum atomic E-state index is 12.4. The number of piperidine rings is 1. The summed E-state index contributed by atoms with van der Waals surface area (Å²) >= 11 is 0. The van der Waals surface area contributed by atoms with Gasteiger partial charge in [-0.3, -0.25) is 4.79 Å². The minimum Gasteiger partial charge on any atom is -0.490 e. The normalized spacial score (nSPS) is 18.4. The van der Waals surface area contributed by atoms with Crippen LogP contribution in [0, 0.1) is 0 Å². The minimum atomic E-state index is 0.208. The number of anilines is 2. The molecule has 5 nitrogen and oxygen atoms in total. The van der Waals surface area contributed by atoms with Gasteiger partial charge in [0, 0.05) is 18.8 Å². The average Bonchev–Trinajstić information content (AvgIpc) is 2.49. The molecule has 1 fully saturated rings. The molecule has 108 valence electrons. The molecular formula is C15H21N3O2. The van der Waals surface area contributed by atoms with E-state index in [2.05, 4.69) is 4.90 Å². The first-order valence-electron chi connectivity index (χ1n) is 7.29. The summed E-state index contributed by atoms with van der Waals surface area (Å²) in [4.78, 5) is 16.4. The van der Waals surface area contributed by atoms with E-state index >= 15 is 0 Å². The number of amides is 1. The molecule has 1 aromatic carbocycles. The molecule has 0 aliphatic carbocycles. The van der Waals surface area contributed by atoms with E-state index in [0.717, 1.165) is 43.9 Å². The van der Waals surface area contributed by atoms with Gasteiger partial charge >= 0.3 is 0 Å². The van der Waals surface area contributed by atoms with E-state index in [4.69, 9.17) is 10.5 Å². The summed E-state index contributed by atoms with van der Waals surface area (Å²) in [6.07, 6.45) is 3.48. The zero-order valence-corrected chi connectivity index (χ0v) is 11.7. The van der Waals surface area contributed by atoms with E-state index in [-0.39, 0.29) is 5.91 Å². The second-order valence-corrected chi connectivity index (χ2v) is 5.44. The average molecular weight is 275 g/mol. The van der Waals surface area contributed by atoms with Crippen LogP contribution in [0.3, 0.4) is 0 Å². The summed E-state index contributed by atoms with van der Waals surface area (Å²) in [5.41, 5.74) is 7.47. The fourth-order valence-corrected chi connectivity index (χ4v) is 2.86. The predicted octanol–water partition coefficient (Wildman–Crippen LogP) is 1.48. The Morgan fingerprint density at radius 2 is 2.00 bits per heavy atom. The Morgan fingerprint density at radius 1 is 1.20 bits per heavy atom. The Kier molecular flexibility index (Phi) is 3.67. The summed E-state index contributed by atoms with van der Waals surface area (Å²) in [5.74, 6) is 1.02. The van der Waals surface area contributed by atoms with E-state index in [9.17, 15) is 4.79 Å². The highest BCUT2D eigenvalue weighted by Gasteiger charge is 2.23. The number of nitrogens with zero attached hydrogens (tertiary/aromatic N) is 2. The number of likely N-dealkylation sites (tertiary alicyclic amines) is 1. The van der Waals surface area contributed by atoms with Crippen LogP contribution < -0.4 is 15.4 Å². The van der Waals surface area contributed by atoms with Gasteiger partial charge in [0.15, 0.2) is 0 Å². The van der Waals surface area contributed by atoms with Gasteiger partial charge in [-0.1, -0.05) is 0 Å². The summed E-state index contributed by atoms with van der Waals surface area (Å²) in [5, 5.41) is 0. The molecule has 0 radical (unpaired) electrons. The molecule has 20 heavy (non-hydrogen) atoms. The Morgan fingerprint density at radius 3 is 2.80 bits per heavy atom. The second-order valence-electron chi connectivity index (χ2n) is 5.44. The maximum Gasteiger partial charge on any atom is 0.242 e. The van der Waals surface area contributed by atoms with Crippen molar-refractivity contribution in [1.82, 2.24) is 4.90 Å². The molecule has 2 N–H and O–H groups in total. The number of fused-ring (bicyclic) bond motifs is 1. The number of ether oxygens (including phenoxy) is 1. The molecule has 0 spiro atoms. The zero-order valence-electron chi connectivity index (χ0n) is 11.7. The lowest BCUT2D eigenvalue weighted by molar-refractivity contribution is -0.130. The zero-order chi connectivity index (χ0) is 13.9. The third-order valence-corrected chi connectivity index (χ3v) is 3.98. The Bertz CT molecular complexity index is 498. The van der Waals surface area contributed by atoms with Gasteiger partial charge in [-0.2, -0.15) is 0 Å². The van der Waals surface area contributed by atoms with Crippen LogP contribution in [0.15, 0.2) is 18.2 Å². The molecule has 1 saturated heterocycles. The SMILES string of the molecule is Nc1ccc2c(c1)N(CC(=O)N1CCCCC1)CCO2. The van der Waals surface area contributed by atoms with Crippen molar-refractivity contribution in [2.24, 2.45) is 0 Å². The maximum absolute atomic E-state index is 12.4.